The van der Waals surface area contributed by atoms with Crippen molar-refractivity contribution in [3.63, 3.8) is 0 Å². The molecule has 1 rings (SSSR count). The van der Waals surface area contributed by atoms with Crippen LogP contribution in [0.4, 0.5) is 24.8 Å². The fraction of sp³-hybridized carbons (Fsp3) is 0.600. The molecule has 4 nitrogen and oxygen atoms in total. The molecule has 1 aromatic rings. The van der Waals surface area contributed by atoms with Crippen molar-refractivity contribution in [3.8, 4) is 0 Å². The van der Waals surface area contributed by atoms with Gasteiger partial charge in [0.05, 0.1) is 0 Å². The van der Waals surface area contributed by atoms with E-state index in [9.17, 15) is 13.2 Å². The summed E-state index contributed by atoms with van der Waals surface area (Å²) >= 11 is 0. The third-order valence-corrected chi connectivity index (χ3v) is 2.15. The van der Waals surface area contributed by atoms with Gasteiger partial charge in [-0.25, -0.2) is 9.97 Å². The third kappa shape index (κ3) is 3.76. The second kappa shape index (κ2) is 5.20. The number of aromatic nitrogens is 2. The SMILES string of the molecule is CNc1ncnc(NCC(F)(F)F)c1C(C)C. The topological polar surface area (TPSA) is 49.8 Å². The zero-order chi connectivity index (χ0) is 13.1. The summed E-state index contributed by atoms with van der Waals surface area (Å²) in [5.41, 5.74) is 0.652. The Labute approximate surface area is 97.7 Å². The second-order valence-electron chi connectivity index (χ2n) is 3.86. The number of nitrogens with one attached hydrogen (secondary N) is 2. The van der Waals surface area contributed by atoms with Gasteiger partial charge in [0.15, 0.2) is 0 Å². The molecule has 0 saturated carbocycles. The largest absolute Gasteiger partial charge is 0.405 e. The monoisotopic (exact) mass is 248 g/mol. The van der Waals surface area contributed by atoms with Crippen molar-refractivity contribution in [2.45, 2.75) is 25.9 Å². The first kappa shape index (κ1) is 13.5. The maximum Gasteiger partial charge on any atom is 0.405 e. The molecule has 0 bridgehead atoms. The number of anilines is 2. The zero-order valence-corrected chi connectivity index (χ0v) is 9.89. The van der Waals surface area contributed by atoms with Crippen LogP contribution >= 0.6 is 0 Å². The molecule has 0 aromatic carbocycles. The highest BCUT2D eigenvalue weighted by atomic mass is 19.4. The van der Waals surface area contributed by atoms with Gasteiger partial charge < -0.3 is 10.6 Å². The van der Waals surface area contributed by atoms with Crippen molar-refractivity contribution < 1.29 is 13.2 Å². The van der Waals surface area contributed by atoms with Crippen LogP contribution in [0.5, 0.6) is 0 Å². The molecule has 0 amide bonds. The van der Waals surface area contributed by atoms with Gasteiger partial charge in [-0.3, -0.25) is 0 Å². The van der Waals surface area contributed by atoms with E-state index in [0.29, 0.717) is 11.4 Å². The Morgan fingerprint density at radius 1 is 1.24 bits per heavy atom. The summed E-state index contributed by atoms with van der Waals surface area (Å²) in [5.74, 6) is 0.783. The van der Waals surface area contributed by atoms with Gasteiger partial charge in [0, 0.05) is 12.6 Å². The summed E-state index contributed by atoms with van der Waals surface area (Å²) in [6, 6.07) is 0. The fourth-order valence-corrected chi connectivity index (χ4v) is 1.47. The van der Waals surface area contributed by atoms with Gasteiger partial charge >= 0.3 is 6.18 Å². The highest BCUT2D eigenvalue weighted by Gasteiger charge is 2.27. The predicted molar refractivity (Wildman–Crippen MR) is 60.2 cm³/mol. The summed E-state index contributed by atoms with van der Waals surface area (Å²) in [4.78, 5) is 7.83. The lowest BCUT2D eigenvalue weighted by Crippen LogP contribution is -2.23. The van der Waals surface area contributed by atoms with Crippen LogP contribution in [0.3, 0.4) is 0 Å². The lowest BCUT2D eigenvalue weighted by molar-refractivity contribution is -0.115. The van der Waals surface area contributed by atoms with Crippen molar-refractivity contribution >= 4 is 11.6 Å². The van der Waals surface area contributed by atoms with Gasteiger partial charge in [-0.2, -0.15) is 13.2 Å². The van der Waals surface area contributed by atoms with E-state index in [-0.39, 0.29) is 11.7 Å². The molecule has 0 atom stereocenters. The van der Waals surface area contributed by atoms with Crippen LogP contribution in [-0.4, -0.2) is 29.7 Å². The maximum absolute atomic E-state index is 12.1. The number of rotatable bonds is 4. The van der Waals surface area contributed by atoms with Gasteiger partial charge in [-0.1, -0.05) is 13.8 Å². The number of halogens is 3. The lowest BCUT2D eigenvalue weighted by Gasteiger charge is -2.17. The van der Waals surface area contributed by atoms with Crippen LogP contribution in [0.1, 0.15) is 25.3 Å². The Hall–Kier alpha value is -1.53. The molecule has 0 saturated heterocycles. The van der Waals surface area contributed by atoms with Crippen LogP contribution in [0.15, 0.2) is 6.33 Å². The summed E-state index contributed by atoms with van der Waals surface area (Å²) in [5, 5.41) is 5.14. The molecule has 1 aromatic heterocycles. The lowest BCUT2D eigenvalue weighted by atomic mass is 10.0. The van der Waals surface area contributed by atoms with Crippen molar-refractivity contribution in [1.29, 1.82) is 0 Å². The molecule has 0 aliphatic carbocycles. The summed E-state index contributed by atoms with van der Waals surface area (Å²) in [6.45, 7) is 2.64. The fourth-order valence-electron chi connectivity index (χ4n) is 1.47. The van der Waals surface area contributed by atoms with Crippen LogP contribution < -0.4 is 10.6 Å². The van der Waals surface area contributed by atoms with Gasteiger partial charge in [-0.05, 0) is 5.92 Å². The molecule has 0 unspecified atom stereocenters. The van der Waals surface area contributed by atoms with E-state index < -0.39 is 12.7 Å². The van der Waals surface area contributed by atoms with E-state index in [0.717, 1.165) is 0 Å². The first-order chi connectivity index (χ1) is 7.85. The molecule has 96 valence electrons. The molecule has 7 heteroatoms. The smallest absolute Gasteiger partial charge is 0.373 e. The van der Waals surface area contributed by atoms with Crippen LogP contribution in [0, 0.1) is 0 Å². The van der Waals surface area contributed by atoms with E-state index in [2.05, 4.69) is 20.6 Å². The quantitative estimate of drug-likeness (QED) is 0.860. The van der Waals surface area contributed by atoms with E-state index in [1.165, 1.54) is 6.33 Å². The third-order valence-electron chi connectivity index (χ3n) is 2.15. The van der Waals surface area contributed by atoms with Crippen LogP contribution in [0.25, 0.3) is 0 Å². The molecule has 0 aliphatic heterocycles. The Bertz CT molecular complexity index is 376. The van der Waals surface area contributed by atoms with E-state index in [4.69, 9.17) is 0 Å². The predicted octanol–water partition coefficient (Wildman–Crippen LogP) is 2.62. The summed E-state index contributed by atoms with van der Waals surface area (Å²) in [7, 11) is 1.67. The standard InChI is InChI=1S/C10H15F3N4/c1-6(2)7-8(14-3)16-5-17-9(7)15-4-10(11,12)13/h5-6H,4H2,1-3H3,(H2,14,15,16,17). The van der Waals surface area contributed by atoms with Crippen molar-refractivity contribution in [1.82, 2.24) is 9.97 Å². The minimum Gasteiger partial charge on any atom is -0.373 e. The average Bonchev–Trinajstić information content (AvgIpc) is 2.24. The Balaban J connectivity index is 2.98. The molecular formula is C10H15F3N4. The van der Waals surface area contributed by atoms with Crippen LogP contribution in [-0.2, 0) is 0 Å². The molecule has 0 aliphatic rings. The van der Waals surface area contributed by atoms with Gasteiger partial charge in [0.2, 0.25) is 0 Å². The second-order valence-corrected chi connectivity index (χ2v) is 3.86. The molecule has 0 radical (unpaired) electrons. The first-order valence-electron chi connectivity index (χ1n) is 5.18. The number of alkyl halides is 3. The van der Waals surface area contributed by atoms with Crippen molar-refractivity contribution in [2.75, 3.05) is 24.2 Å². The Morgan fingerprint density at radius 3 is 2.29 bits per heavy atom. The Morgan fingerprint density at radius 2 is 1.82 bits per heavy atom. The van der Waals surface area contributed by atoms with Gasteiger partial charge in [0.1, 0.15) is 24.5 Å². The molecule has 0 fully saturated rings. The highest BCUT2D eigenvalue weighted by Crippen LogP contribution is 2.28. The average molecular weight is 248 g/mol. The highest BCUT2D eigenvalue weighted by molar-refractivity contribution is 5.58. The number of hydrogen-bond acceptors (Lipinski definition) is 4. The zero-order valence-electron chi connectivity index (χ0n) is 9.89. The number of hydrogen-bond donors (Lipinski definition) is 2. The van der Waals surface area contributed by atoms with Crippen molar-refractivity contribution in [3.05, 3.63) is 11.9 Å². The molecular weight excluding hydrogens is 233 g/mol. The minimum absolute atomic E-state index is 0.0226. The maximum atomic E-state index is 12.1. The molecule has 2 N–H and O–H groups in total. The van der Waals surface area contributed by atoms with Crippen LogP contribution in [0.2, 0.25) is 0 Å². The number of nitrogens with zero attached hydrogens (tertiary/aromatic N) is 2. The first-order valence-corrected chi connectivity index (χ1v) is 5.18. The summed E-state index contributed by atoms with van der Waals surface area (Å²) < 4.78 is 36.4. The van der Waals surface area contributed by atoms with E-state index >= 15 is 0 Å². The molecule has 1 heterocycles. The van der Waals surface area contributed by atoms with Crippen molar-refractivity contribution in [2.24, 2.45) is 0 Å². The van der Waals surface area contributed by atoms with E-state index in [1.807, 2.05) is 13.8 Å². The van der Waals surface area contributed by atoms with E-state index in [1.54, 1.807) is 7.05 Å². The van der Waals surface area contributed by atoms with Gasteiger partial charge in [0.25, 0.3) is 0 Å². The molecule has 17 heavy (non-hydrogen) atoms. The minimum atomic E-state index is -4.26. The normalized spacial score (nSPS) is 11.7. The molecule has 0 spiro atoms. The summed E-state index contributed by atoms with van der Waals surface area (Å²) in [6.07, 6.45) is -3.03. The van der Waals surface area contributed by atoms with Gasteiger partial charge in [-0.15, -0.1) is 0 Å². The Kier molecular flexibility index (Phi) is 4.14.